The highest BCUT2D eigenvalue weighted by Crippen LogP contribution is 2.21. The van der Waals surface area contributed by atoms with E-state index in [2.05, 4.69) is 21.7 Å². The first kappa shape index (κ1) is 15.7. The quantitative estimate of drug-likeness (QED) is 0.896. The number of aromatic nitrogens is 1. The van der Waals surface area contributed by atoms with Gasteiger partial charge in [-0.25, -0.2) is 9.78 Å². The van der Waals surface area contributed by atoms with Crippen molar-refractivity contribution in [3.05, 3.63) is 29.3 Å². The lowest BCUT2D eigenvalue weighted by Gasteiger charge is -2.30. The predicted molar refractivity (Wildman–Crippen MR) is 90.5 cm³/mol. The summed E-state index contributed by atoms with van der Waals surface area (Å²) in [4.78, 5) is 29.5. The number of thiazole rings is 1. The van der Waals surface area contributed by atoms with Crippen molar-refractivity contribution in [3.8, 4) is 0 Å². The van der Waals surface area contributed by atoms with E-state index < -0.39 is 0 Å². The molecule has 0 saturated carbocycles. The first-order valence-corrected chi connectivity index (χ1v) is 8.56. The number of hydrogen-bond donors (Lipinski definition) is 2. The van der Waals surface area contributed by atoms with Crippen molar-refractivity contribution in [1.82, 2.24) is 20.5 Å². The molecule has 0 bridgehead atoms. The number of carbonyl (C=O) groups is 2. The third-order valence-electron chi connectivity index (χ3n) is 3.92. The van der Waals surface area contributed by atoms with Crippen LogP contribution in [0.5, 0.6) is 0 Å². The Labute approximate surface area is 138 Å². The number of urea groups is 1. The molecule has 2 N–H and O–H groups in total. The van der Waals surface area contributed by atoms with Gasteiger partial charge in [0, 0.05) is 39.0 Å². The van der Waals surface area contributed by atoms with E-state index in [0.29, 0.717) is 25.9 Å². The second kappa shape index (κ2) is 6.95. The van der Waals surface area contributed by atoms with E-state index in [9.17, 15) is 9.59 Å². The van der Waals surface area contributed by atoms with E-state index in [1.165, 1.54) is 4.70 Å². The molecule has 1 fully saturated rings. The fraction of sp³-hybridized carbons (Fsp3) is 0.438. The SMILES string of the molecule is CN1C[C@H](NC(=O)NCCc2nc3ccccc3s2)CCC1=O. The molecule has 0 radical (unpaired) electrons. The summed E-state index contributed by atoms with van der Waals surface area (Å²) >= 11 is 1.66. The summed E-state index contributed by atoms with van der Waals surface area (Å²) in [6.07, 6.45) is 1.91. The molecule has 3 amide bonds. The molecule has 23 heavy (non-hydrogen) atoms. The molecule has 3 rings (SSSR count). The van der Waals surface area contributed by atoms with Crippen LogP contribution in [0.3, 0.4) is 0 Å². The average molecular weight is 332 g/mol. The number of likely N-dealkylation sites (tertiary alicyclic amines) is 1. The second-order valence-corrected chi connectivity index (χ2v) is 6.85. The van der Waals surface area contributed by atoms with Crippen molar-refractivity contribution in [2.45, 2.75) is 25.3 Å². The van der Waals surface area contributed by atoms with Crippen molar-refractivity contribution in [2.24, 2.45) is 0 Å². The number of piperidine rings is 1. The molecular formula is C16H20N4O2S. The fourth-order valence-corrected chi connectivity index (χ4v) is 3.64. The number of para-hydroxylation sites is 1. The number of nitrogens with one attached hydrogen (secondary N) is 2. The lowest BCUT2D eigenvalue weighted by atomic mass is 10.1. The van der Waals surface area contributed by atoms with E-state index in [0.717, 1.165) is 16.9 Å². The van der Waals surface area contributed by atoms with Gasteiger partial charge in [-0.15, -0.1) is 11.3 Å². The van der Waals surface area contributed by atoms with E-state index >= 15 is 0 Å². The van der Waals surface area contributed by atoms with Crippen LogP contribution in [0.15, 0.2) is 24.3 Å². The van der Waals surface area contributed by atoms with Gasteiger partial charge in [-0.1, -0.05) is 12.1 Å². The Hall–Kier alpha value is -2.15. The van der Waals surface area contributed by atoms with Gasteiger partial charge in [-0.3, -0.25) is 4.79 Å². The second-order valence-electron chi connectivity index (χ2n) is 5.74. The molecule has 1 aliphatic heterocycles. The van der Waals surface area contributed by atoms with Crippen LogP contribution in [0.2, 0.25) is 0 Å². The zero-order valence-electron chi connectivity index (χ0n) is 13.0. The van der Waals surface area contributed by atoms with Gasteiger partial charge in [-0.2, -0.15) is 0 Å². The predicted octanol–water partition coefficient (Wildman–Crippen LogP) is 1.76. The van der Waals surface area contributed by atoms with Gasteiger partial charge < -0.3 is 15.5 Å². The normalized spacial score (nSPS) is 18.2. The number of fused-ring (bicyclic) bond motifs is 1. The van der Waals surface area contributed by atoms with Crippen LogP contribution in [0.1, 0.15) is 17.8 Å². The number of likely N-dealkylation sites (N-methyl/N-ethyl adjacent to an activating group) is 1. The van der Waals surface area contributed by atoms with Gasteiger partial charge in [0.15, 0.2) is 0 Å². The summed E-state index contributed by atoms with van der Waals surface area (Å²) in [6.45, 7) is 1.12. The monoisotopic (exact) mass is 332 g/mol. The zero-order chi connectivity index (χ0) is 16.2. The van der Waals surface area contributed by atoms with Crippen molar-refractivity contribution >= 4 is 33.5 Å². The van der Waals surface area contributed by atoms with Crippen LogP contribution in [0.25, 0.3) is 10.2 Å². The molecule has 0 spiro atoms. The topological polar surface area (TPSA) is 74.3 Å². The first-order valence-electron chi connectivity index (χ1n) is 7.74. The Morgan fingerprint density at radius 3 is 3.04 bits per heavy atom. The number of hydrogen-bond acceptors (Lipinski definition) is 4. The molecule has 1 aliphatic rings. The first-order chi connectivity index (χ1) is 11.1. The summed E-state index contributed by atoms with van der Waals surface area (Å²) < 4.78 is 1.17. The van der Waals surface area contributed by atoms with Gasteiger partial charge in [0.25, 0.3) is 0 Å². The van der Waals surface area contributed by atoms with Crippen molar-refractivity contribution in [3.63, 3.8) is 0 Å². The highest BCUT2D eigenvalue weighted by atomic mass is 32.1. The fourth-order valence-electron chi connectivity index (χ4n) is 2.68. The van der Waals surface area contributed by atoms with Crippen LogP contribution in [-0.2, 0) is 11.2 Å². The van der Waals surface area contributed by atoms with Gasteiger partial charge in [0.05, 0.1) is 15.2 Å². The summed E-state index contributed by atoms with van der Waals surface area (Å²) in [6, 6.07) is 7.87. The molecule has 6 nitrogen and oxygen atoms in total. The Morgan fingerprint density at radius 2 is 2.26 bits per heavy atom. The standard InChI is InChI=1S/C16H20N4O2S/c1-20-10-11(6-7-15(20)21)18-16(22)17-9-8-14-19-12-4-2-3-5-13(12)23-14/h2-5,11H,6-10H2,1H3,(H2,17,18,22)/t11-/m1/s1. The van der Waals surface area contributed by atoms with Gasteiger partial charge in [-0.05, 0) is 18.6 Å². The summed E-state index contributed by atoms with van der Waals surface area (Å²) in [5, 5.41) is 6.81. The van der Waals surface area contributed by atoms with Crippen molar-refractivity contribution in [1.29, 1.82) is 0 Å². The Bertz CT molecular complexity index is 682. The lowest BCUT2D eigenvalue weighted by Crippen LogP contribution is -2.51. The molecule has 122 valence electrons. The molecule has 0 unspecified atom stereocenters. The van der Waals surface area contributed by atoms with Crippen LogP contribution in [-0.4, -0.2) is 48.0 Å². The smallest absolute Gasteiger partial charge is 0.315 e. The summed E-state index contributed by atoms with van der Waals surface area (Å²) in [7, 11) is 1.77. The number of carbonyl (C=O) groups excluding carboxylic acids is 2. The van der Waals surface area contributed by atoms with E-state index in [1.807, 2.05) is 18.2 Å². The molecule has 1 aromatic heterocycles. The minimum Gasteiger partial charge on any atom is -0.344 e. The number of benzene rings is 1. The van der Waals surface area contributed by atoms with Gasteiger partial charge >= 0.3 is 6.03 Å². The number of nitrogens with zero attached hydrogens (tertiary/aromatic N) is 2. The van der Waals surface area contributed by atoms with Gasteiger partial charge in [0.2, 0.25) is 5.91 Å². The summed E-state index contributed by atoms with van der Waals surface area (Å²) in [5.74, 6) is 0.138. The maximum absolute atomic E-state index is 11.9. The maximum Gasteiger partial charge on any atom is 0.315 e. The van der Waals surface area contributed by atoms with E-state index in [1.54, 1.807) is 23.3 Å². The molecule has 1 atom stereocenters. The Kier molecular flexibility index (Phi) is 4.76. The van der Waals surface area contributed by atoms with Crippen LogP contribution in [0, 0.1) is 0 Å². The van der Waals surface area contributed by atoms with E-state index in [-0.39, 0.29) is 18.0 Å². The molecular weight excluding hydrogens is 312 g/mol. The molecule has 2 aromatic rings. The molecule has 7 heteroatoms. The van der Waals surface area contributed by atoms with Crippen LogP contribution >= 0.6 is 11.3 Å². The average Bonchev–Trinajstić information content (AvgIpc) is 2.93. The van der Waals surface area contributed by atoms with Gasteiger partial charge in [0.1, 0.15) is 0 Å². The van der Waals surface area contributed by atoms with Crippen LogP contribution < -0.4 is 10.6 Å². The molecule has 0 aliphatic carbocycles. The number of rotatable bonds is 4. The molecule has 1 aromatic carbocycles. The Balaban J connectivity index is 1.43. The molecule has 1 saturated heterocycles. The van der Waals surface area contributed by atoms with E-state index in [4.69, 9.17) is 0 Å². The largest absolute Gasteiger partial charge is 0.344 e. The minimum atomic E-state index is -0.182. The third-order valence-corrected chi connectivity index (χ3v) is 5.02. The lowest BCUT2D eigenvalue weighted by molar-refractivity contribution is -0.132. The van der Waals surface area contributed by atoms with Crippen LogP contribution in [0.4, 0.5) is 4.79 Å². The highest BCUT2D eigenvalue weighted by Gasteiger charge is 2.23. The highest BCUT2D eigenvalue weighted by molar-refractivity contribution is 7.18. The molecule has 2 heterocycles. The Morgan fingerprint density at radius 1 is 1.43 bits per heavy atom. The van der Waals surface area contributed by atoms with Crippen molar-refractivity contribution in [2.75, 3.05) is 20.1 Å². The maximum atomic E-state index is 11.9. The summed E-state index contributed by atoms with van der Waals surface area (Å²) in [5.41, 5.74) is 1.01. The number of amides is 3. The van der Waals surface area contributed by atoms with Crippen molar-refractivity contribution < 1.29 is 9.59 Å². The minimum absolute atomic E-state index is 0.0279. The third kappa shape index (κ3) is 3.98. The zero-order valence-corrected chi connectivity index (χ0v) is 13.9.